The highest BCUT2D eigenvalue weighted by atomic mass is 32.2. The second-order valence-corrected chi connectivity index (χ2v) is 7.58. The van der Waals surface area contributed by atoms with Gasteiger partial charge in [-0.2, -0.15) is 0 Å². The van der Waals surface area contributed by atoms with E-state index in [9.17, 15) is 4.79 Å². The van der Waals surface area contributed by atoms with Crippen LogP contribution in [0.15, 0.2) is 41.0 Å². The van der Waals surface area contributed by atoms with Gasteiger partial charge in [0.25, 0.3) is 0 Å². The lowest BCUT2D eigenvalue weighted by Gasteiger charge is -2.07. The van der Waals surface area contributed by atoms with Crippen LogP contribution in [0, 0.1) is 0 Å². The van der Waals surface area contributed by atoms with Crippen LogP contribution in [0.4, 0.5) is 0 Å². The number of hydrogen-bond acceptors (Lipinski definition) is 7. The number of thiophene rings is 1. The van der Waals surface area contributed by atoms with E-state index in [2.05, 4.69) is 20.7 Å². The van der Waals surface area contributed by atoms with Crippen molar-refractivity contribution in [1.29, 1.82) is 0 Å². The molecule has 0 fully saturated rings. The third kappa shape index (κ3) is 4.97. The zero-order chi connectivity index (χ0) is 19.1. The van der Waals surface area contributed by atoms with Crippen LogP contribution in [-0.2, 0) is 4.79 Å². The van der Waals surface area contributed by atoms with Gasteiger partial charge in [0.1, 0.15) is 21.9 Å². The summed E-state index contributed by atoms with van der Waals surface area (Å²) in [5.41, 5.74) is 2.17. The summed E-state index contributed by atoms with van der Waals surface area (Å²) >= 11 is 3.13. The molecule has 0 atom stereocenters. The first-order chi connectivity index (χ1) is 13.2. The van der Waals surface area contributed by atoms with E-state index in [4.69, 9.17) is 9.84 Å². The fourth-order valence-electron chi connectivity index (χ4n) is 2.59. The van der Waals surface area contributed by atoms with Crippen molar-refractivity contribution in [3.05, 3.63) is 36.0 Å². The average molecular weight is 404 g/mol. The zero-order valence-electron chi connectivity index (χ0n) is 15.0. The molecule has 2 heterocycles. The molecule has 3 rings (SSSR count). The SMILES string of the molecule is CCOc1ccc(-c2csc3ncnc(SCCC(=O)NCCO)c23)cc1. The van der Waals surface area contributed by atoms with E-state index in [1.54, 1.807) is 29.4 Å². The van der Waals surface area contributed by atoms with E-state index in [0.29, 0.717) is 18.8 Å². The first kappa shape index (κ1) is 19.6. The Bertz CT molecular complexity index is 897. The molecule has 2 aromatic heterocycles. The molecule has 2 N–H and O–H groups in total. The summed E-state index contributed by atoms with van der Waals surface area (Å²) in [7, 11) is 0. The van der Waals surface area contributed by atoms with Crippen LogP contribution in [0.2, 0.25) is 0 Å². The number of nitrogens with zero attached hydrogens (tertiary/aromatic N) is 2. The van der Waals surface area contributed by atoms with Gasteiger partial charge in [-0.3, -0.25) is 4.79 Å². The van der Waals surface area contributed by atoms with Gasteiger partial charge in [-0.05, 0) is 24.6 Å². The maximum atomic E-state index is 11.7. The molecule has 142 valence electrons. The summed E-state index contributed by atoms with van der Waals surface area (Å²) in [6.07, 6.45) is 1.94. The molecule has 0 radical (unpaired) electrons. The van der Waals surface area contributed by atoms with Crippen molar-refractivity contribution in [3.63, 3.8) is 0 Å². The lowest BCUT2D eigenvalue weighted by Crippen LogP contribution is -2.26. The monoisotopic (exact) mass is 403 g/mol. The van der Waals surface area contributed by atoms with Crippen LogP contribution in [0.3, 0.4) is 0 Å². The number of aliphatic hydroxyl groups excluding tert-OH is 1. The number of aliphatic hydroxyl groups is 1. The van der Waals surface area contributed by atoms with Gasteiger partial charge in [0.2, 0.25) is 5.91 Å². The minimum absolute atomic E-state index is 0.0498. The van der Waals surface area contributed by atoms with Crippen molar-refractivity contribution in [2.45, 2.75) is 18.4 Å². The largest absolute Gasteiger partial charge is 0.494 e. The van der Waals surface area contributed by atoms with Crippen LogP contribution in [0.25, 0.3) is 21.3 Å². The Labute approximate surface area is 166 Å². The molecule has 0 bridgehead atoms. The Morgan fingerprint density at radius 2 is 2.11 bits per heavy atom. The molecule has 0 saturated heterocycles. The van der Waals surface area contributed by atoms with Gasteiger partial charge >= 0.3 is 0 Å². The lowest BCUT2D eigenvalue weighted by atomic mass is 10.1. The summed E-state index contributed by atoms with van der Waals surface area (Å²) in [6, 6.07) is 8.00. The first-order valence-electron chi connectivity index (χ1n) is 8.68. The fourth-order valence-corrected chi connectivity index (χ4v) is 4.53. The summed E-state index contributed by atoms with van der Waals surface area (Å²) < 4.78 is 5.51. The van der Waals surface area contributed by atoms with Crippen molar-refractivity contribution < 1.29 is 14.6 Å². The molecule has 27 heavy (non-hydrogen) atoms. The van der Waals surface area contributed by atoms with Gasteiger partial charge < -0.3 is 15.2 Å². The van der Waals surface area contributed by atoms with Gasteiger partial charge in [-0.25, -0.2) is 9.97 Å². The minimum Gasteiger partial charge on any atom is -0.494 e. The third-order valence-corrected chi connectivity index (χ3v) is 5.69. The predicted octanol–water partition coefficient (Wildman–Crippen LogP) is 3.35. The van der Waals surface area contributed by atoms with E-state index in [-0.39, 0.29) is 19.1 Å². The Kier molecular flexibility index (Phi) is 7.03. The molecule has 8 heteroatoms. The van der Waals surface area contributed by atoms with Crippen molar-refractivity contribution in [2.24, 2.45) is 0 Å². The smallest absolute Gasteiger partial charge is 0.220 e. The Balaban J connectivity index is 1.78. The van der Waals surface area contributed by atoms with Gasteiger partial charge in [0.15, 0.2) is 0 Å². The first-order valence-corrected chi connectivity index (χ1v) is 10.5. The molecule has 0 aliphatic carbocycles. The highest BCUT2D eigenvalue weighted by Gasteiger charge is 2.14. The Morgan fingerprint density at radius 3 is 2.85 bits per heavy atom. The zero-order valence-corrected chi connectivity index (χ0v) is 16.6. The van der Waals surface area contributed by atoms with Crippen LogP contribution >= 0.6 is 23.1 Å². The number of hydrogen-bond donors (Lipinski definition) is 2. The topological polar surface area (TPSA) is 84.3 Å². The summed E-state index contributed by atoms with van der Waals surface area (Å²) in [6.45, 7) is 2.84. The Hall–Kier alpha value is -2.16. The number of nitrogens with one attached hydrogen (secondary N) is 1. The van der Waals surface area contributed by atoms with E-state index in [0.717, 1.165) is 32.1 Å². The van der Waals surface area contributed by atoms with Crippen LogP contribution in [-0.4, -0.2) is 46.5 Å². The molecular weight excluding hydrogens is 382 g/mol. The van der Waals surface area contributed by atoms with E-state index in [1.165, 1.54) is 0 Å². The highest BCUT2D eigenvalue weighted by molar-refractivity contribution is 7.99. The van der Waals surface area contributed by atoms with Crippen LogP contribution < -0.4 is 10.1 Å². The molecular formula is C19H21N3O3S2. The van der Waals surface area contributed by atoms with Gasteiger partial charge in [-0.15, -0.1) is 23.1 Å². The number of carbonyl (C=O) groups excluding carboxylic acids is 1. The number of benzene rings is 1. The minimum atomic E-state index is -0.0705. The molecule has 1 aromatic carbocycles. The normalized spacial score (nSPS) is 10.9. The molecule has 3 aromatic rings. The lowest BCUT2D eigenvalue weighted by molar-refractivity contribution is -0.120. The van der Waals surface area contributed by atoms with E-state index < -0.39 is 0 Å². The molecule has 0 aliphatic heterocycles. The van der Waals surface area contributed by atoms with Gasteiger partial charge in [0, 0.05) is 29.7 Å². The predicted molar refractivity (Wildman–Crippen MR) is 109 cm³/mol. The molecule has 0 unspecified atom stereocenters. The maximum Gasteiger partial charge on any atom is 0.220 e. The number of carbonyl (C=O) groups is 1. The van der Waals surface area contributed by atoms with Gasteiger partial charge in [-0.1, -0.05) is 12.1 Å². The summed E-state index contributed by atoms with van der Waals surface area (Å²) in [4.78, 5) is 21.4. The molecule has 0 aliphatic rings. The number of amides is 1. The number of thioether (sulfide) groups is 1. The third-order valence-electron chi connectivity index (χ3n) is 3.81. The van der Waals surface area contributed by atoms with Crippen molar-refractivity contribution in [2.75, 3.05) is 25.5 Å². The number of fused-ring (bicyclic) bond motifs is 1. The van der Waals surface area contributed by atoms with Gasteiger partial charge in [0.05, 0.1) is 18.6 Å². The standard InChI is InChI=1S/C19H21N3O3S2/c1-2-25-14-5-3-13(4-6-14)15-11-27-19-17(15)18(21-12-22-19)26-10-7-16(24)20-8-9-23/h3-6,11-12,23H,2,7-10H2,1H3,(H,20,24). The molecule has 0 spiro atoms. The summed E-state index contributed by atoms with van der Waals surface area (Å²) in [5.74, 6) is 1.39. The number of ether oxygens (including phenoxy) is 1. The van der Waals surface area contributed by atoms with Crippen LogP contribution in [0.1, 0.15) is 13.3 Å². The average Bonchev–Trinajstić information content (AvgIpc) is 3.12. The Morgan fingerprint density at radius 1 is 1.30 bits per heavy atom. The number of rotatable bonds is 9. The maximum absolute atomic E-state index is 11.7. The summed E-state index contributed by atoms with van der Waals surface area (Å²) in [5, 5.41) is 15.4. The second kappa shape index (κ2) is 9.68. The van der Waals surface area contributed by atoms with E-state index in [1.807, 2.05) is 31.2 Å². The molecule has 1 amide bonds. The van der Waals surface area contributed by atoms with Crippen LogP contribution in [0.5, 0.6) is 5.75 Å². The molecule has 6 nitrogen and oxygen atoms in total. The fraction of sp³-hybridized carbons (Fsp3) is 0.316. The van der Waals surface area contributed by atoms with Crippen molar-refractivity contribution in [3.8, 4) is 16.9 Å². The van der Waals surface area contributed by atoms with E-state index >= 15 is 0 Å². The van der Waals surface area contributed by atoms with Crippen molar-refractivity contribution >= 4 is 39.2 Å². The van der Waals surface area contributed by atoms with Crippen molar-refractivity contribution in [1.82, 2.24) is 15.3 Å². The number of aromatic nitrogens is 2. The molecule has 0 saturated carbocycles. The second-order valence-electron chi connectivity index (χ2n) is 5.64. The quantitative estimate of drug-likeness (QED) is 0.421. The highest BCUT2D eigenvalue weighted by Crippen LogP contribution is 2.38.